The Bertz CT molecular complexity index is 3090. The van der Waals surface area contributed by atoms with Crippen LogP contribution in [0.1, 0.15) is 62.7 Å². The van der Waals surface area contributed by atoms with E-state index < -0.39 is 17.9 Å². The quantitative estimate of drug-likeness (QED) is 0.0594. The SMILES string of the molecule is C.COC(=O)c1cn(-c2ccnc(Nc3ccc4c(c3)CCO4)c2)cn1.NC(CO)c1cccc(Cl)c1.O=C(NC(CO)c1cccc(Cl)c1)c1cn(-c2ccnc(Nc3ccc4c(c3)CCO4)c2)cn1. The summed E-state index contributed by atoms with van der Waals surface area (Å²) in [6, 6.07) is 32.7. The zero-order valence-corrected chi connectivity index (χ0v) is 39.2. The predicted octanol–water partition coefficient (Wildman–Crippen LogP) is 8.76. The number of hydrogen-bond acceptors (Lipinski definition) is 14. The Morgan fingerprint density at radius 3 is 1.73 bits per heavy atom. The number of nitrogens with zero attached hydrogens (tertiary/aromatic N) is 6. The van der Waals surface area contributed by atoms with Crippen molar-refractivity contribution >= 4 is 58.1 Å². The van der Waals surface area contributed by atoms with Gasteiger partial charge in [0.25, 0.3) is 5.91 Å². The molecule has 2 aliphatic heterocycles. The number of carbonyl (C=O) groups excluding carboxylic acids is 2. The Hall–Kier alpha value is -7.80. The van der Waals surface area contributed by atoms with E-state index in [1.54, 1.807) is 83.0 Å². The number of anilines is 4. The lowest BCUT2D eigenvalue weighted by Crippen LogP contribution is -2.31. The van der Waals surface area contributed by atoms with Crippen LogP contribution < -0.4 is 31.2 Å². The second-order valence-electron chi connectivity index (χ2n) is 15.8. The summed E-state index contributed by atoms with van der Waals surface area (Å²) >= 11 is 11.7. The van der Waals surface area contributed by atoms with Crippen molar-refractivity contribution in [2.24, 2.45) is 5.73 Å². The number of aliphatic hydroxyl groups excluding tert-OH is 2. The molecule has 0 bridgehead atoms. The smallest absolute Gasteiger partial charge is 0.358 e. The topological polar surface area (TPSA) is 226 Å². The third kappa shape index (κ3) is 13.3. The Morgan fingerprint density at radius 1 is 0.690 bits per heavy atom. The molecule has 1 amide bonds. The zero-order chi connectivity index (χ0) is 49.0. The molecule has 2 atom stereocenters. The summed E-state index contributed by atoms with van der Waals surface area (Å²) in [6.45, 7) is 1.12. The molecule has 366 valence electrons. The fraction of sp³-hybridized carbons (Fsp3) is 0.192. The lowest BCUT2D eigenvalue weighted by atomic mass is 10.1. The summed E-state index contributed by atoms with van der Waals surface area (Å²) in [5.41, 5.74) is 13.5. The van der Waals surface area contributed by atoms with Crippen LogP contribution in [0.25, 0.3) is 11.4 Å². The van der Waals surface area contributed by atoms with Crippen molar-refractivity contribution in [3.63, 3.8) is 0 Å². The number of esters is 1. The van der Waals surface area contributed by atoms with Gasteiger partial charge in [0.2, 0.25) is 0 Å². The molecular formula is C52H52Cl2N10O7. The average molecular weight is 1000 g/mol. The monoisotopic (exact) mass is 998 g/mol. The van der Waals surface area contributed by atoms with Crippen LogP contribution in [-0.4, -0.2) is 84.7 Å². The molecule has 0 radical (unpaired) electrons. The largest absolute Gasteiger partial charge is 0.493 e. The summed E-state index contributed by atoms with van der Waals surface area (Å²) in [4.78, 5) is 41.3. The highest BCUT2D eigenvalue weighted by atomic mass is 35.5. The van der Waals surface area contributed by atoms with E-state index in [2.05, 4.69) is 52.8 Å². The van der Waals surface area contributed by atoms with Crippen LogP contribution in [0.2, 0.25) is 10.0 Å². The summed E-state index contributed by atoms with van der Waals surface area (Å²) < 4.78 is 19.2. The number of benzene rings is 4. The van der Waals surface area contributed by atoms with E-state index in [0.29, 0.717) is 33.9 Å². The Labute approximate surface area is 420 Å². The van der Waals surface area contributed by atoms with Gasteiger partial charge in [0.1, 0.15) is 41.5 Å². The highest BCUT2D eigenvalue weighted by molar-refractivity contribution is 6.30. The highest BCUT2D eigenvalue weighted by Gasteiger charge is 2.19. The molecule has 8 aromatic rings. The molecule has 10 rings (SSSR count). The van der Waals surface area contributed by atoms with E-state index in [4.69, 9.17) is 43.5 Å². The maximum absolute atomic E-state index is 12.8. The number of ether oxygens (including phenoxy) is 3. The Morgan fingerprint density at radius 2 is 1.21 bits per heavy atom. The summed E-state index contributed by atoms with van der Waals surface area (Å²) in [6.07, 6.45) is 11.6. The average Bonchev–Trinajstić information content (AvgIpc) is 4.24. The first-order valence-corrected chi connectivity index (χ1v) is 22.7. The number of fused-ring (bicyclic) bond motifs is 2. The lowest BCUT2D eigenvalue weighted by Gasteiger charge is -2.16. The molecule has 0 saturated carbocycles. The summed E-state index contributed by atoms with van der Waals surface area (Å²) in [5, 5.41) is 29.0. The molecule has 2 aliphatic rings. The van der Waals surface area contributed by atoms with Gasteiger partial charge in [-0.25, -0.2) is 24.7 Å². The van der Waals surface area contributed by atoms with Gasteiger partial charge in [-0.3, -0.25) is 4.79 Å². The minimum atomic E-state index is -0.592. The third-order valence-corrected chi connectivity index (χ3v) is 11.5. The molecular weight excluding hydrogens is 948 g/mol. The van der Waals surface area contributed by atoms with Gasteiger partial charge in [-0.05, 0) is 95.1 Å². The number of carbonyl (C=O) groups is 2. The van der Waals surface area contributed by atoms with Gasteiger partial charge in [-0.2, -0.15) is 0 Å². The molecule has 2 unspecified atom stereocenters. The molecule has 0 saturated heterocycles. The first kappa shape index (κ1) is 51.1. The molecule has 4 aromatic heterocycles. The molecule has 4 aromatic carbocycles. The van der Waals surface area contributed by atoms with Crippen LogP contribution in [0.15, 0.2) is 147 Å². The van der Waals surface area contributed by atoms with Crippen molar-refractivity contribution < 1.29 is 34.0 Å². The van der Waals surface area contributed by atoms with E-state index in [-0.39, 0.29) is 38.1 Å². The standard InChI is InChI=1S/C25H22ClN5O3.C18H16N4O3.C8H10ClNO.CH4/c26-18-3-1-2-16(10-18)22(14-32)30-25(33)21-13-31(15-28-21)20-6-8-27-24(12-20)29-19-4-5-23-17(11-19)7-9-34-23;1-24-18(23)15-10-22(11-20-15)14-4-6-19-17(9-14)21-13-2-3-16-12(8-13)5-7-25-16;9-7-3-1-2-6(4-7)8(10)5-11;/h1-6,8,10-13,15,22,32H,7,9,14H2,(H,27,29)(H,30,33);2-4,6,8-11H,5,7H2,1H3,(H,19,21);1-4,8,11H,5,10H2;1H4. The molecule has 6 heterocycles. The Balaban J connectivity index is 0.000000175. The van der Waals surface area contributed by atoms with E-state index in [0.717, 1.165) is 59.3 Å². The number of aromatic nitrogens is 6. The number of pyridine rings is 2. The second-order valence-corrected chi connectivity index (χ2v) is 16.7. The minimum absolute atomic E-state index is 0. The van der Waals surface area contributed by atoms with Gasteiger partial charge in [-0.15, -0.1) is 0 Å². The van der Waals surface area contributed by atoms with E-state index >= 15 is 0 Å². The van der Waals surface area contributed by atoms with Crippen LogP contribution in [0.5, 0.6) is 11.5 Å². The number of rotatable bonds is 13. The van der Waals surface area contributed by atoms with Crippen LogP contribution in [0.4, 0.5) is 23.0 Å². The van der Waals surface area contributed by atoms with Crippen molar-refractivity contribution in [2.45, 2.75) is 32.4 Å². The predicted molar refractivity (Wildman–Crippen MR) is 273 cm³/mol. The van der Waals surface area contributed by atoms with Crippen molar-refractivity contribution in [3.05, 3.63) is 190 Å². The summed E-state index contributed by atoms with van der Waals surface area (Å²) in [7, 11) is 1.33. The molecule has 19 heteroatoms. The summed E-state index contributed by atoms with van der Waals surface area (Å²) in [5.74, 6) is 2.37. The number of nitrogens with one attached hydrogen (secondary N) is 3. The fourth-order valence-corrected chi connectivity index (χ4v) is 7.81. The van der Waals surface area contributed by atoms with Gasteiger partial charge in [0.05, 0.1) is 57.0 Å². The number of imidazole rings is 2. The molecule has 7 N–H and O–H groups in total. The molecule has 17 nitrogen and oxygen atoms in total. The maximum Gasteiger partial charge on any atom is 0.358 e. The van der Waals surface area contributed by atoms with E-state index in [1.165, 1.54) is 18.2 Å². The molecule has 0 spiro atoms. The van der Waals surface area contributed by atoms with Crippen LogP contribution >= 0.6 is 23.2 Å². The first-order chi connectivity index (χ1) is 34.0. The number of halogens is 2. The third-order valence-electron chi connectivity index (χ3n) is 11.0. The lowest BCUT2D eigenvalue weighted by molar-refractivity contribution is 0.0594. The number of methoxy groups -OCH3 is 1. The van der Waals surface area contributed by atoms with Crippen LogP contribution in [-0.2, 0) is 17.6 Å². The van der Waals surface area contributed by atoms with Crippen molar-refractivity contribution in [3.8, 4) is 22.9 Å². The number of hydrogen-bond donors (Lipinski definition) is 6. The highest BCUT2D eigenvalue weighted by Crippen LogP contribution is 2.31. The van der Waals surface area contributed by atoms with E-state index in [1.807, 2.05) is 60.7 Å². The van der Waals surface area contributed by atoms with Crippen LogP contribution in [0, 0.1) is 0 Å². The fourth-order valence-electron chi connectivity index (χ4n) is 7.41. The van der Waals surface area contributed by atoms with Gasteiger partial charge < -0.3 is 55.2 Å². The van der Waals surface area contributed by atoms with Crippen molar-refractivity contribution in [1.82, 2.24) is 34.4 Å². The first-order valence-electron chi connectivity index (χ1n) is 22.0. The normalized spacial score (nSPS) is 12.6. The molecule has 0 fully saturated rings. The zero-order valence-electron chi connectivity index (χ0n) is 37.7. The maximum atomic E-state index is 12.8. The number of amides is 1. The Kier molecular flexibility index (Phi) is 17.4. The number of nitrogens with two attached hydrogens (primary N) is 1. The van der Waals surface area contributed by atoms with E-state index in [9.17, 15) is 14.7 Å². The molecule has 0 aliphatic carbocycles. The van der Waals surface area contributed by atoms with Crippen molar-refractivity contribution in [2.75, 3.05) is 44.2 Å². The van der Waals surface area contributed by atoms with Crippen molar-refractivity contribution in [1.29, 1.82) is 0 Å². The van der Waals surface area contributed by atoms with Gasteiger partial charge in [-0.1, -0.05) is 54.9 Å². The van der Waals surface area contributed by atoms with Crippen LogP contribution in [0.3, 0.4) is 0 Å². The molecule has 71 heavy (non-hydrogen) atoms. The minimum Gasteiger partial charge on any atom is -0.493 e. The number of aliphatic hydroxyl groups is 2. The second kappa shape index (κ2) is 24.2. The van der Waals surface area contributed by atoms with Gasteiger partial charge in [0, 0.05) is 71.2 Å². The van der Waals surface area contributed by atoms with Gasteiger partial charge >= 0.3 is 5.97 Å². The van der Waals surface area contributed by atoms with Gasteiger partial charge in [0.15, 0.2) is 5.69 Å².